The van der Waals surface area contributed by atoms with Crippen LogP contribution in [0.4, 0.5) is 0 Å². The van der Waals surface area contributed by atoms with Crippen molar-refractivity contribution in [1.29, 1.82) is 0 Å². The second kappa shape index (κ2) is 12.0. The Balaban J connectivity index is 1.43. The van der Waals surface area contributed by atoms with Gasteiger partial charge in [-0.1, -0.05) is 29.4 Å². The van der Waals surface area contributed by atoms with Crippen molar-refractivity contribution in [2.24, 2.45) is 5.92 Å². The van der Waals surface area contributed by atoms with Gasteiger partial charge in [-0.25, -0.2) is 0 Å². The highest BCUT2D eigenvalue weighted by atomic mass is 16.7. The summed E-state index contributed by atoms with van der Waals surface area (Å²) in [5, 5.41) is 87.8. The van der Waals surface area contributed by atoms with E-state index >= 15 is 0 Å². The lowest BCUT2D eigenvalue weighted by molar-refractivity contribution is -0.201. The van der Waals surface area contributed by atoms with Gasteiger partial charge < -0.3 is 50.3 Å². The van der Waals surface area contributed by atoms with E-state index in [1.54, 1.807) is 19.1 Å². The Morgan fingerprint density at radius 2 is 1.48 bits per heavy atom. The maximum atomic E-state index is 14.6. The molecule has 0 saturated carbocycles. The first-order valence-corrected chi connectivity index (χ1v) is 16.5. The number of phenolic OH excluding ortho intramolecular Hbond substituents is 7. The van der Waals surface area contributed by atoms with Crippen molar-refractivity contribution in [3.05, 3.63) is 112 Å². The van der Waals surface area contributed by atoms with Crippen LogP contribution in [0.5, 0.6) is 51.7 Å². The van der Waals surface area contributed by atoms with Gasteiger partial charge in [0.05, 0.1) is 5.56 Å². The molecular weight excluding hydrogens is 672 g/mol. The second-order valence-corrected chi connectivity index (χ2v) is 13.9. The van der Waals surface area contributed by atoms with Crippen LogP contribution >= 0.6 is 0 Å². The number of ether oxygens (including phenoxy) is 2. The normalized spacial score (nSPS) is 24.4. The van der Waals surface area contributed by atoms with Gasteiger partial charge in [0.1, 0.15) is 57.3 Å². The van der Waals surface area contributed by atoms with Crippen molar-refractivity contribution in [2.45, 2.75) is 56.8 Å². The molecule has 0 unspecified atom stereocenters. The van der Waals surface area contributed by atoms with E-state index in [9.17, 15) is 50.4 Å². The molecule has 268 valence electrons. The number of Topliss-reactive ketones (excluding diaryl/α,β-unsaturated/α-hetero) is 2. The summed E-state index contributed by atoms with van der Waals surface area (Å²) in [5.74, 6) is -11.1. The molecule has 12 nitrogen and oxygen atoms in total. The lowest BCUT2D eigenvalue weighted by Gasteiger charge is -2.43. The molecule has 2 aliphatic heterocycles. The lowest BCUT2D eigenvalue weighted by Crippen LogP contribution is -2.62. The van der Waals surface area contributed by atoms with Crippen molar-refractivity contribution in [3.8, 4) is 51.7 Å². The molecule has 52 heavy (non-hydrogen) atoms. The Bertz CT molecular complexity index is 2250. The largest absolute Gasteiger partial charge is 0.508 e. The molecule has 12 heteroatoms. The highest BCUT2D eigenvalue weighted by Gasteiger charge is 2.70. The molecule has 0 amide bonds. The van der Waals surface area contributed by atoms with Gasteiger partial charge in [-0.15, -0.1) is 0 Å². The average Bonchev–Trinajstić information content (AvgIpc) is 3.30. The topological polar surface area (TPSA) is 214 Å². The highest BCUT2D eigenvalue weighted by molar-refractivity contribution is 6.09. The van der Waals surface area contributed by atoms with Gasteiger partial charge in [0.25, 0.3) is 0 Å². The van der Waals surface area contributed by atoms with Crippen LogP contribution in [0.25, 0.3) is 0 Å². The summed E-state index contributed by atoms with van der Waals surface area (Å²) < 4.78 is 12.3. The van der Waals surface area contributed by atoms with Gasteiger partial charge in [0.15, 0.2) is 5.78 Å². The minimum absolute atomic E-state index is 0.0310. The van der Waals surface area contributed by atoms with Gasteiger partial charge >= 0.3 is 5.79 Å². The summed E-state index contributed by atoms with van der Waals surface area (Å²) in [6.45, 7) is 5.37. The van der Waals surface area contributed by atoms with Crippen LogP contribution in [-0.4, -0.2) is 58.2 Å². The van der Waals surface area contributed by atoms with Crippen molar-refractivity contribution in [1.82, 2.24) is 0 Å². The van der Waals surface area contributed by atoms with E-state index in [-0.39, 0.29) is 69.6 Å². The number of rotatable bonds is 6. The fourth-order valence-electron chi connectivity index (χ4n) is 7.85. The molecule has 2 heterocycles. The smallest absolute Gasteiger partial charge is 0.318 e. The number of benzene rings is 4. The molecule has 0 spiro atoms. The fraction of sp³-hybridized carbons (Fsp3) is 0.250. The number of ketones is 2. The maximum Gasteiger partial charge on any atom is 0.318 e. The standard InChI is InChI=1S/C40H36O12/c1-18(2)10-11-39-27-9-6-22(43)16-31(27)52-40(39,50)38(49)35-32(51-39)17-30(46)34(37(35)48)26-13-19(3)12-25(23-7-4-20(41)14-28(23)44)33(26)36(47)24-8-5-21(42)15-29(24)45/h4-10,13-17,25-26,33,41-46,48,50H,11-12H2,1-3H3/t25-,26-,33-,39-,40+/m1/s1. The lowest BCUT2D eigenvalue weighted by atomic mass is 9.65. The number of aliphatic hydroxyl groups is 1. The quantitative estimate of drug-likeness (QED) is 0.0824. The van der Waals surface area contributed by atoms with E-state index in [0.29, 0.717) is 5.57 Å². The maximum absolute atomic E-state index is 14.6. The molecule has 0 aromatic heterocycles. The van der Waals surface area contributed by atoms with E-state index in [1.165, 1.54) is 42.5 Å². The third kappa shape index (κ3) is 5.09. The van der Waals surface area contributed by atoms with Crippen molar-refractivity contribution >= 4 is 11.6 Å². The summed E-state index contributed by atoms with van der Waals surface area (Å²) in [5.41, 5.74) is -0.891. The molecule has 7 rings (SSSR count). The predicted molar refractivity (Wildman–Crippen MR) is 185 cm³/mol. The summed E-state index contributed by atoms with van der Waals surface area (Å²) in [6.07, 6.45) is 3.48. The van der Waals surface area contributed by atoms with Gasteiger partial charge in [0, 0.05) is 59.6 Å². The number of allylic oxidation sites excluding steroid dienone is 3. The molecule has 0 fully saturated rings. The van der Waals surface area contributed by atoms with Gasteiger partial charge in [0.2, 0.25) is 11.4 Å². The summed E-state index contributed by atoms with van der Waals surface area (Å²) >= 11 is 0. The monoisotopic (exact) mass is 708 g/mol. The predicted octanol–water partition coefficient (Wildman–Crippen LogP) is 6.25. The third-order valence-corrected chi connectivity index (χ3v) is 10.2. The third-order valence-electron chi connectivity index (χ3n) is 10.2. The summed E-state index contributed by atoms with van der Waals surface area (Å²) in [4.78, 5) is 29.1. The molecule has 1 aliphatic carbocycles. The van der Waals surface area contributed by atoms with Crippen LogP contribution in [0.15, 0.2) is 84.0 Å². The Morgan fingerprint density at radius 1 is 0.827 bits per heavy atom. The average molecular weight is 709 g/mol. The van der Waals surface area contributed by atoms with E-state index in [4.69, 9.17) is 9.47 Å². The molecule has 4 aromatic carbocycles. The van der Waals surface area contributed by atoms with E-state index in [2.05, 4.69) is 0 Å². The first kappa shape index (κ1) is 34.3. The zero-order valence-electron chi connectivity index (χ0n) is 28.3. The van der Waals surface area contributed by atoms with E-state index < -0.39 is 63.5 Å². The first-order valence-electron chi connectivity index (χ1n) is 16.5. The number of aromatic hydroxyl groups is 7. The number of hydrogen-bond donors (Lipinski definition) is 8. The van der Waals surface area contributed by atoms with Crippen molar-refractivity contribution < 1.29 is 59.9 Å². The van der Waals surface area contributed by atoms with Crippen LogP contribution < -0.4 is 9.47 Å². The highest BCUT2D eigenvalue weighted by Crippen LogP contribution is 2.61. The molecule has 4 aromatic rings. The zero-order chi connectivity index (χ0) is 37.4. The number of hydrogen-bond acceptors (Lipinski definition) is 12. The van der Waals surface area contributed by atoms with Crippen LogP contribution in [-0.2, 0) is 5.60 Å². The zero-order valence-corrected chi connectivity index (χ0v) is 28.3. The second-order valence-electron chi connectivity index (χ2n) is 13.9. The molecule has 3 aliphatic rings. The van der Waals surface area contributed by atoms with E-state index in [0.717, 1.165) is 23.8 Å². The SMILES string of the molecule is CC(C)=CC[C@]12Oc3cc(O)c([C@@H]4C=C(C)C[C@H](c5ccc(O)cc5O)[C@H]4C(=O)c4ccc(O)cc4O)c(O)c3C(=O)[C@]1(O)Oc1cc(O)ccc12. The number of fused-ring (bicyclic) bond motifs is 4. The minimum Gasteiger partial charge on any atom is -0.508 e. The number of phenols is 7. The number of carbonyl (C=O) groups excluding carboxylic acids is 2. The molecule has 8 N–H and O–H groups in total. The fourth-order valence-corrected chi connectivity index (χ4v) is 7.85. The van der Waals surface area contributed by atoms with Gasteiger partial charge in [-0.05, 0) is 63.1 Å². The molecule has 0 bridgehead atoms. The van der Waals surface area contributed by atoms with E-state index in [1.807, 2.05) is 13.8 Å². The molecule has 0 saturated heterocycles. The van der Waals surface area contributed by atoms with Crippen LogP contribution in [0.3, 0.4) is 0 Å². The molecular formula is C40H36O12. The van der Waals surface area contributed by atoms with Gasteiger partial charge in [-0.3, -0.25) is 9.59 Å². The molecule has 0 radical (unpaired) electrons. The van der Waals surface area contributed by atoms with Crippen LogP contribution in [0.2, 0.25) is 0 Å². The van der Waals surface area contributed by atoms with Crippen molar-refractivity contribution in [2.75, 3.05) is 0 Å². The summed E-state index contributed by atoms with van der Waals surface area (Å²) in [7, 11) is 0. The van der Waals surface area contributed by atoms with Crippen LogP contribution in [0.1, 0.15) is 82.9 Å². The summed E-state index contributed by atoms with van der Waals surface area (Å²) in [6, 6.07) is 12.5. The Morgan fingerprint density at radius 3 is 2.15 bits per heavy atom. The first-order chi connectivity index (χ1) is 24.6. The Hall–Kier alpha value is -6.14. The van der Waals surface area contributed by atoms with Crippen molar-refractivity contribution in [3.63, 3.8) is 0 Å². The Labute approximate surface area is 297 Å². The number of carbonyl (C=O) groups is 2. The van der Waals surface area contributed by atoms with Crippen LogP contribution in [0, 0.1) is 5.92 Å². The van der Waals surface area contributed by atoms with Gasteiger partial charge in [-0.2, -0.15) is 0 Å². The Kier molecular flexibility index (Phi) is 7.91. The molecule has 5 atom stereocenters. The minimum atomic E-state index is -2.75.